The van der Waals surface area contributed by atoms with Crippen LogP contribution in [0.15, 0.2) is 67.0 Å². The second-order valence-corrected chi connectivity index (χ2v) is 7.72. The van der Waals surface area contributed by atoms with E-state index in [-0.39, 0.29) is 25.3 Å². The van der Waals surface area contributed by atoms with Gasteiger partial charge < -0.3 is 9.15 Å². The molecule has 0 amide bonds. The molecule has 2 heterocycles. The summed E-state index contributed by atoms with van der Waals surface area (Å²) < 4.78 is 14.4. The van der Waals surface area contributed by atoms with Crippen LogP contribution in [0.5, 0.6) is 0 Å². The molecule has 0 N–H and O–H groups in total. The summed E-state index contributed by atoms with van der Waals surface area (Å²) in [5.74, 6) is 0.153. The summed E-state index contributed by atoms with van der Waals surface area (Å²) in [5.41, 5.74) is 0.289. The SMILES string of the molecule is CCn1c(=O)c2ccccc2n(CC(=O)OCCc2cc3cc(Br)ccc3o2)c1=O. The molecule has 4 rings (SSSR count). The maximum Gasteiger partial charge on any atom is 0.332 e. The summed E-state index contributed by atoms with van der Waals surface area (Å²) in [5, 5.41) is 1.35. The van der Waals surface area contributed by atoms with E-state index in [9.17, 15) is 14.4 Å². The molecule has 30 heavy (non-hydrogen) atoms. The largest absolute Gasteiger partial charge is 0.464 e. The Morgan fingerprint density at radius 1 is 1.10 bits per heavy atom. The molecule has 0 fully saturated rings. The van der Waals surface area contributed by atoms with Crippen molar-refractivity contribution in [2.75, 3.05) is 6.61 Å². The molecule has 0 saturated heterocycles. The van der Waals surface area contributed by atoms with Gasteiger partial charge in [0.25, 0.3) is 5.56 Å². The van der Waals surface area contributed by atoms with Crippen molar-refractivity contribution in [3.63, 3.8) is 0 Å². The van der Waals surface area contributed by atoms with Crippen LogP contribution >= 0.6 is 15.9 Å². The van der Waals surface area contributed by atoms with Crippen LogP contribution in [0.2, 0.25) is 0 Å². The fraction of sp³-hybridized carbons (Fsp3) is 0.227. The number of furan rings is 1. The van der Waals surface area contributed by atoms with E-state index in [0.29, 0.717) is 23.1 Å². The summed E-state index contributed by atoms with van der Waals surface area (Å²) in [6.45, 7) is 1.79. The lowest BCUT2D eigenvalue weighted by atomic mass is 10.2. The van der Waals surface area contributed by atoms with Crippen molar-refractivity contribution in [3.05, 3.63) is 79.6 Å². The quantitative estimate of drug-likeness (QED) is 0.402. The number of benzene rings is 2. The van der Waals surface area contributed by atoms with Gasteiger partial charge in [-0.05, 0) is 43.3 Å². The zero-order valence-corrected chi connectivity index (χ0v) is 17.8. The van der Waals surface area contributed by atoms with Crippen molar-refractivity contribution in [2.45, 2.75) is 26.4 Å². The molecule has 4 aromatic rings. The van der Waals surface area contributed by atoms with Gasteiger partial charge in [0.1, 0.15) is 17.9 Å². The molecule has 7 nitrogen and oxygen atoms in total. The lowest BCUT2D eigenvalue weighted by Crippen LogP contribution is -2.40. The fourth-order valence-corrected chi connectivity index (χ4v) is 3.81. The van der Waals surface area contributed by atoms with Gasteiger partial charge in [0.2, 0.25) is 0 Å². The van der Waals surface area contributed by atoms with E-state index in [1.54, 1.807) is 31.2 Å². The average Bonchev–Trinajstić information content (AvgIpc) is 3.13. The smallest absolute Gasteiger partial charge is 0.332 e. The van der Waals surface area contributed by atoms with Crippen LogP contribution in [0, 0.1) is 0 Å². The van der Waals surface area contributed by atoms with Crippen LogP contribution in [0.3, 0.4) is 0 Å². The number of nitrogens with zero attached hydrogens (tertiary/aromatic N) is 2. The van der Waals surface area contributed by atoms with E-state index in [0.717, 1.165) is 20.0 Å². The van der Waals surface area contributed by atoms with E-state index in [1.165, 1.54) is 4.57 Å². The molecule has 0 unspecified atom stereocenters. The van der Waals surface area contributed by atoms with E-state index < -0.39 is 11.7 Å². The molecule has 0 radical (unpaired) electrons. The molecule has 2 aromatic heterocycles. The number of aromatic nitrogens is 2. The minimum Gasteiger partial charge on any atom is -0.464 e. The van der Waals surface area contributed by atoms with Crippen molar-refractivity contribution < 1.29 is 13.9 Å². The molecule has 0 aliphatic rings. The molecule has 0 aliphatic heterocycles. The number of esters is 1. The number of halogens is 1. The summed E-state index contributed by atoms with van der Waals surface area (Å²) in [6, 6.07) is 14.4. The molecule has 8 heteroatoms. The second-order valence-electron chi connectivity index (χ2n) is 6.80. The topological polar surface area (TPSA) is 83.4 Å². The van der Waals surface area contributed by atoms with Gasteiger partial charge in [0.15, 0.2) is 0 Å². The van der Waals surface area contributed by atoms with Gasteiger partial charge >= 0.3 is 11.7 Å². The van der Waals surface area contributed by atoms with Crippen molar-refractivity contribution in [1.82, 2.24) is 9.13 Å². The molecule has 0 saturated carbocycles. The van der Waals surface area contributed by atoms with Crippen molar-refractivity contribution >= 4 is 43.8 Å². The first-order valence-corrected chi connectivity index (χ1v) is 10.3. The highest BCUT2D eigenvalue weighted by atomic mass is 79.9. The Hall–Kier alpha value is -3.13. The molecule has 0 aliphatic carbocycles. The zero-order chi connectivity index (χ0) is 21.3. The van der Waals surface area contributed by atoms with Gasteiger partial charge in [-0.15, -0.1) is 0 Å². The first-order valence-electron chi connectivity index (χ1n) is 9.54. The van der Waals surface area contributed by atoms with Gasteiger partial charge in [-0.1, -0.05) is 28.1 Å². The van der Waals surface area contributed by atoms with Crippen LogP contribution in [0.25, 0.3) is 21.9 Å². The number of para-hydroxylation sites is 1. The monoisotopic (exact) mass is 470 g/mol. The maximum atomic E-state index is 12.7. The van der Waals surface area contributed by atoms with Crippen molar-refractivity contribution in [2.24, 2.45) is 0 Å². The molecule has 0 atom stereocenters. The summed E-state index contributed by atoms with van der Waals surface area (Å²) in [7, 11) is 0. The van der Waals surface area contributed by atoms with Crippen LogP contribution < -0.4 is 11.2 Å². The van der Waals surface area contributed by atoms with Crippen LogP contribution in [0.4, 0.5) is 0 Å². The Morgan fingerprint density at radius 2 is 1.90 bits per heavy atom. The highest BCUT2D eigenvalue weighted by Crippen LogP contribution is 2.23. The first-order chi connectivity index (χ1) is 14.5. The molecule has 154 valence electrons. The predicted octanol–water partition coefficient (Wildman–Crippen LogP) is 3.48. The van der Waals surface area contributed by atoms with Gasteiger partial charge in [-0.2, -0.15) is 0 Å². The Bertz CT molecular complexity index is 1370. The van der Waals surface area contributed by atoms with E-state index >= 15 is 0 Å². The number of ether oxygens (including phenoxy) is 1. The van der Waals surface area contributed by atoms with Crippen molar-refractivity contribution in [3.8, 4) is 0 Å². The Labute approximate surface area is 179 Å². The summed E-state index contributed by atoms with van der Waals surface area (Å²) >= 11 is 3.42. The predicted molar refractivity (Wildman–Crippen MR) is 117 cm³/mol. The van der Waals surface area contributed by atoms with E-state index in [2.05, 4.69) is 15.9 Å². The Kier molecular flexibility index (Phi) is 5.59. The molecular formula is C22H19BrN2O5. The standard InChI is InChI=1S/C22H19BrN2O5/c1-2-24-21(27)17-5-3-4-6-18(17)25(22(24)28)13-20(26)29-10-9-16-12-14-11-15(23)7-8-19(14)30-16/h3-8,11-12H,2,9-10,13H2,1H3. The van der Waals surface area contributed by atoms with Gasteiger partial charge in [0, 0.05) is 22.8 Å². The Morgan fingerprint density at radius 3 is 2.70 bits per heavy atom. The number of hydrogen-bond acceptors (Lipinski definition) is 5. The molecular weight excluding hydrogens is 452 g/mol. The third-order valence-electron chi connectivity index (χ3n) is 4.88. The number of hydrogen-bond donors (Lipinski definition) is 0. The van der Waals surface area contributed by atoms with E-state index in [4.69, 9.17) is 9.15 Å². The third kappa shape index (κ3) is 3.82. The first kappa shape index (κ1) is 20.2. The zero-order valence-electron chi connectivity index (χ0n) is 16.3. The number of carbonyl (C=O) groups excluding carboxylic acids is 1. The second kappa shape index (κ2) is 8.31. The lowest BCUT2D eigenvalue weighted by molar-refractivity contribution is -0.144. The molecule has 0 bridgehead atoms. The summed E-state index contributed by atoms with van der Waals surface area (Å²) in [6.07, 6.45) is 0.419. The third-order valence-corrected chi connectivity index (χ3v) is 5.37. The van der Waals surface area contributed by atoms with Crippen LogP contribution in [0.1, 0.15) is 12.7 Å². The maximum absolute atomic E-state index is 12.7. The Balaban J connectivity index is 1.49. The highest BCUT2D eigenvalue weighted by Gasteiger charge is 2.15. The van der Waals surface area contributed by atoms with Crippen LogP contribution in [-0.4, -0.2) is 21.7 Å². The molecule has 2 aromatic carbocycles. The summed E-state index contributed by atoms with van der Waals surface area (Å²) in [4.78, 5) is 37.5. The average molecular weight is 471 g/mol. The number of carbonyl (C=O) groups is 1. The highest BCUT2D eigenvalue weighted by molar-refractivity contribution is 9.10. The van der Waals surface area contributed by atoms with Gasteiger partial charge in [-0.25, -0.2) is 4.79 Å². The van der Waals surface area contributed by atoms with Crippen molar-refractivity contribution in [1.29, 1.82) is 0 Å². The van der Waals surface area contributed by atoms with Crippen LogP contribution in [-0.2, 0) is 29.0 Å². The molecule has 0 spiro atoms. The van der Waals surface area contributed by atoms with E-state index in [1.807, 2.05) is 24.3 Å². The van der Waals surface area contributed by atoms with Gasteiger partial charge in [-0.3, -0.25) is 18.7 Å². The minimum atomic E-state index is -0.553. The fourth-order valence-electron chi connectivity index (χ4n) is 3.44. The number of fused-ring (bicyclic) bond motifs is 2. The normalized spacial score (nSPS) is 11.3. The number of rotatable bonds is 6. The van der Waals surface area contributed by atoms with Gasteiger partial charge in [0.05, 0.1) is 17.5 Å². The lowest BCUT2D eigenvalue weighted by Gasteiger charge is -2.12. The minimum absolute atomic E-state index is 0.125.